The third kappa shape index (κ3) is 6.23. The van der Waals surface area contributed by atoms with Crippen molar-refractivity contribution >= 4 is 49.7 Å². The van der Waals surface area contributed by atoms with Crippen LogP contribution in [0, 0.1) is 0 Å². The van der Waals surface area contributed by atoms with Gasteiger partial charge in [0.1, 0.15) is 0 Å². The molecule has 0 spiro atoms. The molecule has 0 unspecified atom stereocenters. The summed E-state index contributed by atoms with van der Waals surface area (Å²) >= 11 is 13.8. The molecular weight excluding hydrogens is 557 g/mol. The molecule has 0 radical (unpaired) electrons. The third-order valence-electron chi connectivity index (χ3n) is 7.10. The van der Waals surface area contributed by atoms with E-state index in [2.05, 4.69) is 64.0 Å². The zero-order valence-corrected chi connectivity index (χ0v) is 26.1. The van der Waals surface area contributed by atoms with Gasteiger partial charge in [0.25, 0.3) is 0 Å². The Morgan fingerprint density at radius 2 is 1.47 bits per heavy atom. The molecule has 206 valence electrons. The summed E-state index contributed by atoms with van der Waals surface area (Å²) in [6, 6.07) is 9.85. The Kier molecular flexibility index (Phi) is 9.15. The van der Waals surface area contributed by atoms with E-state index >= 15 is 0 Å². The van der Waals surface area contributed by atoms with Gasteiger partial charge in [0.15, 0.2) is 5.13 Å². The lowest BCUT2D eigenvalue weighted by molar-refractivity contribution is 0.383. The molecule has 0 amide bonds. The van der Waals surface area contributed by atoms with E-state index in [4.69, 9.17) is 28.2 Å². The zero-order chi connectivity index (χ0) is 27.8. The summed E-state index contributed by atoms with van der Waals surface area (Å²) < 4.78 is 29.9. The van der Waals surface area contributed by atoms with E-state index in [0.29, 0.717) is 53.5 Å². The second-order valence-electron chi connectivity index (χ2n) is 10.9. The van der Waals surface area contributed by atoms with Crippen molar-refractivity contribution in [2.75, 3.05) is 31.1 Å². The molecule has 4 rings (SSSR count). The van der Waals surface area contributed by atoms with Crippen LogP contribution in [0.2, 0.25) is 10.0 Å². The Labute approximate surface area is 241 Å². The van der Waals surface area contributed by atoms with Gasteiger partial charge >= 0.3 is 0 Å². The van der Waals surface area contributed by atoms with Gasteiger partial charge in [-0.2, -0.15) is 4.31 Å². The predicted molar refractivity (Wildman–Crippen MR) is 161 cm³/mol. The normalized spacial score (nSPS) is 15.3. The largest absolute Gasteiger partial charge is 0.345 e. The van der Waals surface area contributed by atoms with Crippen LogP contribution in [-0.4, -0.2) is 43.9 Å². The Balaban J connectivity index is 1.53. The molecule has 3 aromatic rings. The van der Waals surface area contributed by atoms with Crippen LogP contribution in [0.25, 0.3) is 0 Å². The first-order valence-electron chi connectivity index (χ1n) is 13.2. The molecule has 5 nitrogen and oxygen atoms in total. The first-order chi connectivity index (χ1) is 17.9. The summed E-state index contributed by atoms with van der Waals surface area (Å²) in [5.41, 5.74) is 5.06. The highest BCUT2D eigenvalue weighted by atomic mass is 35.5. The van der Waals surface area contributed by atoms with E-state index in [-0.39, 0.29) is 11.8 Å². The number of rotatable bonds is 8. The summed E-state index contributed by atoms with van der Waals surface area (Å²) in [6.45, 7) is 14.7. The number of halogens is 2. The number of thiazole rings is 1. The highest BCUT2D eigenvalue weighted by Crippen LogP contribution is 2.37. The lowest BCUT2D eigenvalue weighted by Gasteiger charge is -2.35. The Hall–Kier alpha value is -1.64. The van der Waals surface area contributed by atoms with Gasteiger partial charge in [0, 0.05) is 38.0 Å². The van der Waals surface area contributed by atoms with Crippen molar-refractivity contribution in [2.24, 2.45) is 0 Å². The smallest absolute Gasteiger partial charge is 0.243 e. The van der Waals surface area contributed by atoms with Crippen molar-refractivity contribution in [3.8, 4) is 0 Å². The summed E-state index contributed by atoms with van der Waals surface area (Å²) in [6.07, 6.45) is 0.671. The molecule has 0 aliphatic carbocycles. The number of sulfonamides is 1. The van der Waals surface area contributed by atoms with E-state index in [1.807, 2.05) is 12.1 Å². The number of piperazine rings is 1. The molecule has 9 heteroatoms. The molecule has 2 aromatic carbocycles. The molecule has 1 saturated heterocycles. The van der Waals surface area contributed by atoms with Gasteiger partial charge in [0.2, 0.25) is 10.0 Å². The van der Waals surface area contributed by atoms with Crippen molar-refractivity contribution in [2.45, 2.75) is 70.6 Å². The molecule has 1 aliphatic rings. The lowest BCUT2D eigenvalue weighted by Crippen LogP contribution is -2.49. The Morgan fingerprint density at radius 1 is 0.868 bits per heavy atom. The Bertz CT molecular complexity index is 1360. The summed E-state index contributed by atoms with van der Waals surface area (Å²) in [5.74, 6) is 0.563. The number of hydrogen-bond acceptors (Lipinski definition) is 5. The molecule has 1 aliphatic heterocycles. The van der Waals surface area contributed by atoms with Gasteiger partial charge in [-0.15, -0.1) is 11.3 Å². The van der Waals surface area contributed by atoms with Crippen LogP contribution in [0.3, 0.4) is 0 Å². The molecule has 1 fully saturated rings. The fraction of sp³-hybridized carbons (Fsp3) is 0.483. The fourth-order valence-corrected chi connectivity index (χ4v) is 8.10. The highest BCUT2D eigenvalue weighted by molar-refractivity contribution is 7.89. The standard InChI is InChI=1S/C29H37Cl2N3O2S2/c1-18(2)22-15-24(19(3)4)28(25(16-22)20(5)6)38(35,36)34-11-9-33(10-12-34)29-32-23(17-37-29)13-21-7-8-26(30)27(31)14-21/h7-8,14-20H,9-13H2,1-6H3. The third-order valence-corrected chi connectivity index (χ3v) is 10.8. The number of hydrogen-bond donors (Lipinski definition) is 0. The van der Waals surface area contributed by atoms with Gasteiger partial charge in [-0.3, -0.25) is 0 Å². The second-order valence-corrected chi connectivity index (χ2v) is 14.5. The first kappa shape index (κ1) is 29.3. The lowest BCUT2D eigenvalue weighted by atomic mass is 9.89. The van der Waals surface area contributed by atoms with Crippen LogP contribution in [-0.2, 0) is 16.4 Å². The van der Waals surface area contributed by atoms with Crippen molar-refractivity contribution in [3.63, 3.8) is 0 Å². The van der Waals surface area contributed by atoms with Gasteiger partial charge in [-0.25, -0.2) is 13.4 Å². The van der Waals surface area contributed by atoms with Gasteiger partial charge in [-0.1, -0.05) is 82.9 Å². The van der Waals surface area contributed by atoms with Gasteiger partial charge < -0.3 is 4.90 Å². The van der Waals surface area contributed by atoms with Crippen molar-refractivity contribution < 1.29 is 8.42 Å². The maximum absolute atomic E-state index is 14.1. The monoisotopic (exact) mass is 593 g/mol. The summed E-state index contributed by atoms with van der Waals surface area (Å²) in [4.78, 5) is 7.52. The van der Waals surface area contributed by atoms with Crippen molar-refractivity contribution in [3.05, 3.63) is 73.7 Å². The van der Waals surface area contributed by atoms with Gasteiger partial charge in [-0.05, 0) is 52.1 Å². The Morgan fingerprint density at radius 3 is 2.00 bits per heavy atom. The van der Waals surface area contributed by atoms with Crippen LogP contribution >= 0.6 is 34.5 Å². The number of anilines is 1. The van der Waals surface area contributed by atoms with E-state index in [1.54, 1.807) is 21.7 Å². The SMILES string of the molecule is CC(C)c1cc(C(C)C)c(S(=O)(=O)N2CCN(c3nc(Cc4ccc(Cl)c(Cl)c4)cs3)CC2)c(C(C)C)c1. The van der Waals surface area contributed by atoms with E-state index < -0.39 is 10.0 Å². The average Bonchev–Trinajstić information content (AvgIpc) is 3.33. The minimum atomic E-state index is -3.64. The summed E-state index contributed by atoms with van der Waals surface area (Å²) in [5, 5.41) is 4.06. The number of aromatic nitrogens is 1. The fourth-order valence-electron chi connectivity index (χ4n) is 4.82. The van der Waals surface area contributed by atoms with E-state index in [1.165, 1.54) is 5.56 Å². The van der Waals surface area contributed by atoms with E-state index in [9.17, 15) is 8.42 Å². The molecule has 0 saturated carbocycles. The molecule has 0 atom stereocenters. The molecule has 38 heavy (non-hydrogen) atoms. The number of nitrogens with zero attached hydrogens (tertiary/aromatic N) is 3. The predicted octanol–water partition coefficient (Wildman–Crippen LogP) is 7.92. The molecular formula is C29H37Cl2N3O2S2. The van der Waals surface area contributed by atoms with Crippen molar-refractivity contribution in [1.29, 1.82) is 0 Å². The summed E-state index contributed by atoms with van der Waals surface area (Å²) in [7, 11) is -3.64. The molecule has 0 bridgehead atoms. The molecule has 2 heterocycles. The first-order valence-corrected chi connectivity index (χ1v) is 16.3. The topological polar surface area (TPSA) is 53.5 Å². The minimum Gasteiger partial charge on any atom is -0.345 e. The van der Waals surface area contributed by atoms with E-state index in [0.717, 1.165) is 27.5 Å². The molecule has 1 aromatic heterocycles. The van der Waals surface area contributed by atoms with Crippen LogP contribution in [0.1, 0.15) is 87.2 Å². The van der Waals surface area contributed by atoms with Crippen LogP contribution in [0.15, 0.2) is 40.6 Å². The van der Waals surface area contributed by atoms with Crippen molar-refractivity contribution in [1.82, 2.24) is 9.29 Å². The minimum absolute atomic E-state index is 0.113. The van der Waals surface area contributed by atoms with Crippen LogP contribution < -0.4 is 4.90 Å². The van der Waals surface area contributed by atoms with Crippen LogP contribution in [0.5, 0.6) is 0 Å². The maximum atomic E-state index is 14.1. The number of benzene rings is 2. The quantitative estimate of drug-likeness (QED) is 0.266. The average molecular weight is 595 g/mol. The maximum Gasteiger partial charge on any atom is 0.243 e. The van der Waals surface area contributed by atoms with Crippen LogP contribution in [0.4, 0.5) is 5.13 Å². The molecule has 0 N–H and O–H groups in total. The van der Waals surface area contributed by atoms with Gasteiger partial charge in [0.05, 0.1) is 20.6 Å². The second kappa shape index (κ2) is 11.8. The zero-order valence-electron chi connectivity index (χ0n) is 23.0. The highest BCUT2D eigenvalue weighted by Gasteiger charge is 2.34.